The molecular weight excluding hydrogens is 481 g/mol. The van der Waals surface area contributed by atoms with Gasteiger partial charge in [-0.1, -0.05) is 24.3 Å². The number of alkyl halides is 3. The molecule has 0 N–H and O–H groups in total. The second-order valence-corrected chi connectivity index (χ2v) is 8.59. The van der Waals surface area contributed by atoms with Gasteiger partial charge in [0.15, 0.2) is 0 Å². The van der Waals surface area contributed by atoms with Gasteiger partial charge in [-0.25, -0.2) is 0 Å². The van der Waals surface area contributed by atoms with Crippen molar-refractivity contribution in [2.75, 3.05) is 45.9 Å². The predicted octanol–water partition coefficient (Wildman–Crippen LogP) is 5.63. The third-order valence-corrected chi connectivity index (χ3v) is 6.18. The minimum atomic E-state index is -4.41. The Kier molecular flexibility index (Phi) is 9.21. The smallest absolute Gasteiger partial charge is 0.416 e. The number of rotatable bonds is 7. The van der Waals surface area contributed by atoms with Crippen LogP contribution in [-0.4, -0.2) is 61.6 Å². The number of ether oxygens (including phenoxy) is 2. The summed E-state index contributed by atoms with van der Waals surface area (Å²) in [5.74, 6) is 0.854. The first kappa shape index (κ1) is 27.0. The maximum atomic E-state index is 13.3. The van der Waals surface area contributed by atoms with Crippen molar-refractivity contribution in [3.8, 4) is 11.5 Å². The third kappa shape index (κ3) is 6.99. The molecular formula is C26H30ClF3N2O3. The lowest BCUT2D eigenvalue weighted by Crippen LogP contribution is -2.46. The number of carbonyl (C=O) groups excluding carboxylic acids is 1. The minimum absolute atomic E-state index is 0. The van der Waals surface area contributed by atoms with E-state index in [1.807, 2.05) is 30.3 Å². The van der Waals surface area contributed by atoms with Gasteiger partial charge in [-0.05, 0) is 42.7 Å². The Balaban J connectivity index is 0.00000342. The highest BCUT2D eigenvalue weighted by molar-refractivity contribution is 5.88. The highest BCUT2D eigenvalue weighted by Gasteiger charge is 2.33. The Labute approximate surface area is 209 Å². The van der Waals surface area contributed by atoms with Crippen molar-refractivity contribution in [1.29, 1.82) is 0 Å². The van der Waals surface area contributed by atoms with Gasteiger partial charge in [0.2, 0.25) is 0 Å². The van der Waals surface area contributed by atoms with Crippen LogP contribution in [0.5, 0.6) is 11.5 Å². The maximum absolute atomic E-state index is 13.3. The first-order valence-electron chi connectivity index (χ1n) is 11.6. The lowest BCUT2D eigenvalue weighted by molar-refractivity contribution is -0.141. The summed E-state index contributed by atoms with van der Waals surface area (Å²) in [4.78, 5) is 15.6. The van der Waals surface area contributed by atoms with E-state index in [1.54, 1.807) is 0 Å². The van der Waals surface area contributed by atoms with E-state index in [0.29, 0.717) is 23.7 Å². The van der Waals surface area contributed by atoms with E-state index in [-0.39, 0.29) is 18.4 Å². The fourth-order valence-corrected chi connectivity index (χ4v) is 4.40. The van der Waals surface area contributed by atoms with Crippen LogP contribution in [0.1, 0.15) is 36.5 Å². The zero-order valence-corrected chi connectivity index (χ0v) is 20.5. The molecule has 0 aromatic heterocycles. The Morgan fingerprint density at radius 3 is 2.34 bits per heavy atom. The first-order chi connectivity index (χ1) is 16.3. The Hall–Kier alpha value is -2.55. The number of fused-ring (bicyclic) bond motifs is 2. The topological polar surface area (TPSA) is 42.0 Å². The molecule has 0 spiro atoms. The van der Waals surface area contributed by atoms with Crippen LogP contribution in [0, 0.1) is 0 Å². The van der Waals surface area contributed by atoms with Gasteiger partial charge in [0, 0.05) is 57.3 Å². The number of hydrogen-bond donors (Lipinski definition) is 0. The van der Waals surface area contributed by atoms with E-state index >= 15 is 0 Å². The predicted molar refractivity (Wildman–Crippen MR) is 131 cm³/mol. The van der Waals surface area contributed by atoms with Gasteiger partial charge < -0.3 is 19.3 Å². The molecule has 35 heavy (non-hydrogen) atoms. The molecule has 0 saturated carbocycles. The SMILES string of the molecule is CC(=O)OCCCN1CCN(CCC=C2c3ccccc3Oc3ccc(C(F)(F)F)cc32)CC1.Cl. The molecule has 0 aliphatic carbocycles. The highest BCUT2D eigenvalue weighted by atomic mass is 35.5. The summed E-state index contributed by atoms with van der Waals surface area (Å²) in [6.45, 7) is 7.38. The van der Waals surface area contributed by atoms with Crippen molar-refractivity contribution in [3.63, 3.8) is 0 Å². The molecule has 2 aromatic carbocycles. The molecule has 2 aliphatic heterocycles. The van der Waals surface area contributed by atoms with E-state index in [4.69, 9.17) is 9.47 Å². The fraction of sp³-hybridized carbons (Fsp3) is 0.423. The monoisotopic (exact) mass is 510 g/mol. The molecule has 0 unspecified atom stereocenters. The molecule has 2 heterocycles. The van der Waals surface area contributed by atoms with Crippen LogP contribution in [0.2, 0.25) is 0 Å². The second-order valence-electron chi connectivity index (χ2n) is 8.59. The molecule has 9 heteroatoms. The van der Waals surface area contributed by atoms with Crippen LogP contribution in [0.3, 0.4) is 0 Å². The van der Waals surface area contributed by atoms with Crippen molar-refractivity contribution >= 4 is 23.9 Å². The van der Waals surface area contributed by atoms with Crippen LogP contribution in [0.4, 0.5) is 13.2 Å². The average molecular weight is 511 g/mol. The van der Waals surface area contributed by atoms with Crippen LogP contribution in [0.25, 0.3) is 5.57 Å². The van der Waals surface area contributed by atoms with Gasteiger partial charge >= 0.3 is 12.1 Å². The molecule has 2 aromatic rings. The van der Waals surface area contributed by atoms with Gasteiger partial charge in [-0.3, -0.25) is 4.79 Å². The molecule has 0 atom stereocenters. The number of nitrogens with zero attached hydrogens (tertiary/aromatic N) is 2. The van der Waals surface area contributed by atoms with Crippen LogP contribution in [-0.2, 0) is 15.7 Å². The van der Waals surface area contributed by atoms with Crippen molar-refractivity contribution in [2.45, 2.75) is 25.9 Å². The summed E-state index contributed by atoms with van der Waals surface area (Å²) in [5, 5.41) is 0. The summed E-state index contributed by atoms with van der Waals surface area (Å²) in [6.07, 6.45) is -0.820. The average Bonchev–Trinajstić information content (AvgIpc) is 2.81. The van der Waals surface area contributed by atoms with Gasteiger partial charge in [0.1, 0.15) is 11.5 Å². The molecule has 4 rings (SSSR count). The number of para-hydroxylation sites is 1. The summed E-state index contributed by atoms with van der Waals surface area (Å²) in [5.41, 5.74) is 1.40. The number of esters is 1. The summed E-state index contributed by atoms with van der Waals surface area (Å²) >= 11 is 0. The molecule has 0 bridgehead atoms. The Morgan fingerprint density at radius 2 is 1.66 bits per heavy atom. The molecule has 1 fully saturated rings. The zero-order chi connectivity index (χ0) is 24.1. The van der Waals surface area contributed by atoms with Crippen molar-refractivity contribution < 1.29 is 27.4 Å². The molecule has 2 aliphatic rings. The lowest BCUT2D eigenvalue weighted by atomic mass is 9.92. The van der Waals surface area contributed by atoms with Gasteiger partial charge in [0.25, 0.3) is 0 Å². The van der Waals surface area contributed by atoms with Crippen molar-refractivity contribution in [2.24, 2.45) is 0 Å². The standard InChI is InChI=1S/C26H29F3N2O3.ClH/c1-19(32)33-17-5-12-31-15-13-30(14-16-31)11-4-7-21-22-6-2-3-8-24(22)34-25-10-9-20(18-23(21)25)26(27,28)29;/h2-3,6-10,18H,4-5,11-17H2,1H3;1H. The second kappa shape index (κ2) is 11.9. The summed E-state index contributed by atoms with van der Waals surface area (Å²) in [6, 6.07) is 11.1. The van der Waals surface area contributed by atoms with Gasteiger partial charge in [-0.2, -0.15) is 13.2 Å². The molecule has 1 saturated heterocycles. The molecule has 0 amide bonds. The number of halogens is 4. The van der Waals surface area contributed by atoms with Crippen LogP contribution < -0.4 is 4.74 Å². The van der Waals surface area contributed by atoms with E-state index in [1.165, 1.54) is 19.1 Å². The largest absolute Gasteiger partial charge is 0.466 e. The first-order valence-corrected chi connectivity index (χ1v) is 11.6. The Morgan fingerprint density at radius 1 is 1.00 bits per heavy atom. The van der Waals surface area contributed by atoms with Gasteiger partial charge in [-0.15, -0.1) is 12.4 Å². The zero-order valence-electron chi connectivity index (χ0n) is 19.6. The highest BCUT2D eigenvalue weighted by Crippen LogP contribution is 2.45. The number of piperazine rings is 1. The number of hydrogen-bond acceptors (Lipinski definition) is 5. The summed E-state index contributed by atoms with van der Waals surface area (Å²) in [7, 11) is 0. The summed E-state index contributed by atoms with van der Waals surface area (Å²) < 4.78 is 50.9. The van der Waals surface area contributed by atoms with Crippen molar-refractivity contribution in [3.05, 3.63) is 65.2 Å². The lowest BCUT2D eigenvalue weighted by Gasteiger charge is -2.34. The maximum Gasteiger partial charge on any atom is 0.416 e. The van der Waals surface area contributed by atoms with Crippen molar-refractivity contribution in [1.82, 2.24) is 9.80 Å². The quantitative estimate of drug-likeness (QED) is 0.304. The van der Waals surface area contributed by atoms with Gasteiger partial charge in [0.05, 0.1) is 12.2 Å². The van der Waals surface area contributed by atoms with E-state index in [2.05, 4.69) is 9.80 Å². The normalized spacial score (nSPS) is 17.2. The van der Waals surface area contributed by atoms with Crippen LogP contribution >= 0.6 is 12.4 Å². The third-order valence-electron chi connectivity index (χ3n) is 6.18. The minimum Gasteiger partial charge on any atom is -0.466 e. The van der Waals surface area contributed by atoms with E-state index < -0.39 is 11.7 Å². The van der Waals surface area contributed by atoms with E-state index in [9.17, 15) is 18.0 Å². The molecule has 0 radical (unpaired) electrons. The number of benzene rings is 2. The molecule has 190 valence electrons. The number of carbonyl (C=O) groups is 1. The van der Waals surface area contributed by atoms with Crippen LogP contribution in [0.15, 0.2) is 48.5 Å². The Bertz CT molecular complexity index is 1050. The van der Waals surface area contributed by atoms with E-state index in [0.717, 1.165) is 69.3 Å². The fourth-order valence-electron chi connectivity index (χ4n) is 4.40. The molecule has 5 nitrogen and oxygen atoms in total.